The summed E-state index contributed by atoms with van der Waals surface area (Å²) < 4.78 is 28.1. The van der Waals surface area contributed by atoms with Crippen molar-refractivity contribution in [2.24, 2.45) is 0 Å². The van der Waals surface area contributed by atoms with Crippen LogP contribution in [0.1, 0.15) is 49.9 Å². The Hall–Kier alpha value is -1.60. The van der Waals surface area contributed by atoms with Crippen molar-refractivity contribution >= 4 is 21.7 Å². The van der Waals surface area contributed by atoms with Gasteiger partial charge in [0.2, 0.25) is 10.0 Å². The maximum atomic E-state index is 12.7. The van der Waals surface area contributed by atoms with E-state index in [-0.39, 0.29) is 16.5 Å². The number of sulfonamides is 1. The smallest absolute Gasteiger partial charge is 0.335 e. The van der Waals surface area contributed by atoms with Crippen molar-refractivity contribution in [2.75, 3.05) is 18.0 Å². The maximum absolute atomic E-state index is 12.7. The molecule has 1 heterocycles. The largest absolute Gasteiger partial charge is 0.478 e. The van der Waals surface area contributed by atoms with Crippen LogP contribution in [-0.4, -0.2) is 38.6 Å². The minimum Gasteiger partial charge on any atom is -0.478 e. The van der Waals surface area contributed by atoms with Crippen LogP contribution in [0, 0.1) is 0 Å². The number of hydrogen-bond donors (Lipinski definition) is 2. The van der Waals surface area contributed by atoms with Gasteiger partial charge in [-0.25, -0.2) is 17.9 Å². The summed E-state index contributed by atoms with van der Waals surface area (Å²) in [4.78, 5) is 13.3. The van der Waals surface area contributed by atoms with Gasteiger partial charge in [-0.05, 0) is 44.4 Å². The van der Waals surface area contributed by atoms with E-state index in [4.69, 9.17) is 5.11 Å². The van der Waals surface area contributed by atoms with Crippen molar-refractivity contribution in [2.45, 2.75) is 50.5 Å². The fraction of sp³-hybridized carbons (Fsp3) is 0.562. The van der Waals surface area contributed by atoms with Crippen LogP contribution >= 0.6 is 0 Å². The molecule has 2 N–H and O–H groups in total. The summed E-state index contributed by atoms with van der Waals surface area (Å²) in [5, 5.41) is 9.17. The van der Waals surface area contributed by atoms with E-state index >= 15 is 0 Å². The monoisotopic (exact) mass is 340 g/mol. The highest BCUT2D eigenvalue weighted by Crippen LogP contribution is 2.29. The number of carbonyl (C=O) groups is 1. The lowest BCUT2D eigenvalue weighted by atomic mass is 10.2. The van der Waals surface area contributed by atoms with Crippen LogP contribution in [0.5, 0.6) is 0 Å². The molecule has 1 aromatic rings. The fourth-order valence-electron chi connectivity index (χ4n) is 2.90. The van der Waals surface area contributed by atoms with Gasteiger partial charge < -0.3 is 10.0 Å². The summed E-state index contributed by atoms with van der Waals surface area (Å²) in [6.07, 6.45) is 3.63. The Morgan fingerprint density at radius 3 is 2.57 bits per heavy atom. The average Bonchev–Trinajstić information content (AvgIpc) is 3.00. The molecule has 0 spiro atoms. The fourth-order valence-corrected chi connectivity index (χ4v) is 4.43. The van der Waals surface area contributed by atoms with E-state index in [2.05, 4.69) is 4.72 Å². The minimum atomic E-state index is -3.76. The Morgan fingerprint density at radius 2 is 2.00 bits per heavy atom. The van der Waals surface area contributed by atoms with Gasteiger partial charge in [0.15, 0.2) is 0 Å². The number of nitrogens with zero attached hydrogens (tertiary/aromatic N) is 1. The molecule has 1 fully saturated rings. The summed E-state index contributed by atoms with van der Waals surface area (Å²) in [6, 6.07) is 4.14. The molecule has 23 heavy (non-hydrogen) atoms. The molecule has 0 aromatic heterocycles. The second-order valence-electron chi connectivity index (χ2n) is 5.99. The molecule has 1 atom stereocenters. The van der Waals surface area contributed by atoms with Crippen molar-refractivity contribution in [1.29, 1.82) is 0 Å². The number of nitrogens with one attached hydrogen (secondary N) is 1. The van der Waals surface area contributed by atoms with Gasteiger partial charge in [0.05, 0.1) is 11.3 Å². The molecule has 0 bridgehead atoms. The Bertz CT molecular complexity index is 667. The van der Waals surface area contributed by atoms with Crippen molar-refractivity contribution in [3.63, 3.8) is 0 Å². The molecule has 6 nitrogen and oxygen atoms in total. The minimum absolute atomic E-state index is 0.0172. The van der Waals surface area contributed by atoms with Crippen LogP contribution < -0.4 is 9.62 Å². The van der Waals surface area contributed by atoms with Gasteiger partial charge in [0, 0.05) is 19.1 Å². The Labute approximate surface area is 137 Å². The summed E-state index contributed by atoms with van der Waals surface area (Å²) in [5.74, 6) is -1.13. The zero-order valence-corrected chi connectivity index (χ0v) is 14.4. The van der Waals surface area contributed by atoms with Gasteiger partial charge in [-0.1, -0.05) is 13.3 Å². The molecule has 1 saturated heterocycles. The number of hydrogen-bond acceptors (Lipinski definition) is 4. The Morgan fingerprint density at radius 1 is 1.35 bits per heavy atom. The standard InChI is InChI=1S/C16H24N2O4S/c1-3-6-12(2)17-23(21,22)15-11-13(16(19)20)7-8-14(15)18-9-4-5-10-18/h7-8,11-12,17H,3-6,9-10H2,1-2H3,(H,19,20). The predicted molar refractivity (Wildman–Crippen MR) is 89.5 cm³/mol. The lowest BCUT2D eigenvalue weighted by molar-refractivity contribution is 0.0696. The van der Waals surface area contributed by atoms with Gasteiger partial charge in [0.1, 0.15) is 4.90 Å². The van der Waals surface area contributed by atoms with Gasteiger partial charge in [0.25, 0.3) is 0 Å². The number of benzene rings is 1. The normalized spacial score (nSPS) is 16.5. The molecule has 1 aromatic carbocycles. The van der Waals surface area contributed by atoms with Crippen LogP contribution in [-0.2, 0) is 10.0 Å². The maximum Gasteiger partial charge on any atom is 0.335 e. The summed E-state index contributed by atoms with van der Waals surface area (Å²) in [7, 11) is -3.76. The molecule has 0 saturated carbocycles. The third kappa shape index (κ3) is 4.23. The predicted octanol–water partition coefficient (Wildman–Crippen LogP) is 2.45. The highest BCUT2D eigenvalue weighted by molar-refractivity contribution is 7.89. The molecular formula is C16H24N2O4S. The average molecular weight is 340 g/mol. The summed E-state index contributed by atoms with van der Waals surface area (Å²) in [5.41, 5.74) is 0.570. The second kappa shape index (κ2) is 7.31. The second-order valence-corrected chi connectivity index (χ2v) is 7.68. The summed E-state index contributed by atoms with van der Waals surface area (Å²) >= 11 is 0. The quantitative estimate of drug-likeness (QED) is 0.796. The SMILES string of the molecule is CCCC(C)NS(=O)(=O)c1cc(C(=O)O)ccc1N1CCCC1. The van der Waals surface area contributed by atoms with E-state index in [1.807, 2.05) is 18.7 Å². The highest BCUT2D eigenvalue weighted by Gasteiger charge is 2.26. The molecule has 0 aliphatic carbocycles. The van der Waals surface area contributed by atoms with Crippen LogP contribution in [0.4, 0.5) is 5.69 Å². The highest BCUT2D eigenvalue weighted by atomic mass is 32.2. The molecular weight excluding hydrogens is 316 g/mol. The molecule has 1 unspecified atom stereocenters. The first-order valence-electron chi connectivity index (χ1n) is 7.99. The van der Waals surface area contributed by atoms with Crippen LogP contribution in [0.2, 0.25) is 0 Å². The van der Waals surface area contributed by atoms with Gasteiger partial charge in [-0.2, -0.15) is 0 Å². The van der Waals surface area contributed by atoms with Crippen LogP contribution in [0.3, 0.4) is 0 Å². The van der Waals surface area contributed by atoms with Gasteiger partial charge in [-0.15, -0.1) is 0 Å². The first kappa shape index (κ1) is 17.7. The Kier molecular flexibility index (Phi) is 5.64. The number of carboxylic acids is 1. The topological polar surface area (TPSA) is 86.7 Å². The van der Waals surface area contributed by atoms with E-state index in [0.717, 1.165) is 38.8 Å². The number of rotatable bonds is 7. The van der Waals surface area contributed by atoms with Gasteiger partial charge >= 0.3 is 5.97 Å². The third-order valence-corrected chi connectivity index (χ3v) is 5.64. The van der Waals surface area contributed by atoms with E-state index in [1.165, 1.54) is 12.1 Å². The molecule has 1 aliphatic rings. The van der Waals surface area contributed by atoms with Crippen molar-refractivity contribution in [3.8, 4) is 0 Å². The number of aromatic carboxylic acids is 1. The first-order chi connectivity index (χ1) is 10.8. The van der Waals surface area contributed by atoms with E-state index in [9.17, 15) is 13.2 Å². The van der Waals surface area contributed by atoms with Crippen LogP contribution in [0.25, 0.3) is 0 Å². The van der Waals surface area contributed by atoms with Gasteiger partial charge in [-0.3, -0.25) is 0 Å². The molecule has 128 valence electrons. The van der Waals surface area contributed by atoms with Crippen molar-refractivity contribution in [3.05, 3.63) is 23.8 Å². The van der Waals surface area contributed by atoms with Crippen LogP contribution in [0.15, 0.2) is 23.1 Å². The van der Waals surface area contributed by atoms with E-state index < -0.39 is 16.0 Å². The Balaban J connectivity index is 2.43. The third-order valence-electron chi connectivity index (χ3n) is 4.02. The lowest BCUT2D eigenvalue weighted by Crippen LogP contribution is -2.34. The first-order valence-corrected chi connectivity index (χ1v) is 9.48. The molecule has 0 amide bonds. The number of anilines is 1. The molecule has 2 rings (SSSR count). The summed E-state index contributed by atoms with van der Waals surface area (Å²) in [6.45, 7) is 5.39. The molecule has 0 radical (unpaired) electrons. The van der Waals surface area contributed by atoms with Crippen molar-refractivity contribution < 1.29 is 18.3 Å². The molecule has 7 heteroatoms. The van der Waals surface area contributed by atoms with Crippen molar-refractivity contribution in [1.82, 2.24) is 4.72 Å². The number of carboxylic acid groups (broad SMARTS) is 1. The van der Waals surface area contributed by atoms with E-state index in [0.29, 0.717) is 5.69 Å². The lowest BCUT2D eigenvalue weighted by Gasteiger charge is -2.23. The zero-order chi connectivity index (χ0) is 17.0. The zero-order valence-electron chi connectivity index (χ0n) is 13.6. The van der Waals surface area contributed by atoms with E-state index in [1.54, 1.807) is 6.07 Å². The molecule has 1 aliphatic heterocycles.